The molecule has 0 radical (unpaired) electrons. The van der Waals surface area contributed by atoms with E-state index in [1.807, 2.05) is 0 Å². The Balaban J connectivity index is 1.82. The highest BCUT2D eigenvalue weighted by atomic mass is 16.2. The van der Waals surface area contributed by atoms with Gasteiger partial charge in [-0.15, -0.1) is 0 Å². The molecule has 1 aromatic rings. The Morgan fingerprint density at radius 2 is 2.21 bits per heavy atom. The summed E-state index contributed by atoms with van der Waals surface area (Å²) in [4.78, 5) is 14.1. The predicted octanol–water partition coefficient (Wildman–Crippen LogP) is 2.23. The molecule has 1 aliphatic rings. The van der Waals surface area contributed by atoms with Gasteiger partial charge in [-0.2, -0.15) is 5.26 Å². The highest BCUT2D eigenvalue weighted by Gasteiger charge is 2.22. The lowest BCUT2D eigenvalue weighted by atomic mass is 10.1. The van der Waals surface area contributed by atoms with Gasteiger partial charge in [0.1, 0.15) is 0 Å². The molecule has 1 fully saturated rings. The maximum Gasteiger partial charge on any atom is 0.238 e. The van der Waals surface area contributed by atoms with Crippen molar-refractivity contribution in [2.45, 2.75) is 19.8 Å². The van der Waals surface area contributed by atoms with Crippen LogP contribution >= 0.6 is 0 Å². The van der Waals surface area contributed by atoms with Crippen LogP contribution in [0.4, 0.5) is 5.69 Å². The lowest BCUT2D eigenvalue weighted by Gasteiger charge is -2.15. The summed E-state index contributed by atoms with van der Waals surface area (Å²) >= 11 is 0. The van der Waals surface area contributed by atoms with Crippen LogP contribution in [0.25, 0.3) is 0 Å². The quantitative estimate of drug-likeness (QED) is 0.900. The molecule has 1 unspecified atom stereocenters. The summed E-state index contributed by atoms with van der Waals surface area (Å²) in [5, 5.41) is 11.6. The molecule has 0 bridgehead atoms. The van der Waals surface area contributed by atoms with E-state index in [4.69, 9.17) is 5.26 Å². The standard InChI is InChI=1S/C15H19N3O/c1-2-12-7-8-18(10-12)11-15(19)17-14-5-3-13(9-16)4-6-14/h3-6,12H,2,7-8,10-11H2,1H3,(H,17,19). The molecular formula is C15H19N3O. The monoisotopic (exact) mass is 257 g/mol. The number of nitriles is 1. The molecule has 2 rings (SSSR count). The van der Waals surface area contributed by atoms with Crippen LogP contribution in [0.5, 0.6) is 0 Å². The van der Waals surface area contributed by atoms with Crippen LogP contribution in [-0.2, 0) is 4.79 Å². The fourth-order valence-corrected chi connectivity index (χ4v) is 2.42. The van der Waals surface area contributed by atoms with Gasteiger partial charge in [-0.3, -0.25) is 9.69 Å². The molecule has 1 saturated heterocycles. The first-order valence-corrected chi connectivity index (χ1v) is 6.73. The molecule has 1 N–H and O–H groups in total. The van der Waals surface area contributed by atoms with E-state index in [2.05, 4.69) is 23.2 Å². The first kappa shape index (κ1) is 13.6. The van der Waals surface area contributed by atoms with Crippen molar-refractivity contribution in [1.82, 2.24) is 4.90 Å². The smallest absolute Gasteiger partial charge is 0.238 e. The van der Waals surface area contributed by atoms with E-state index in [-0.39, 0.29) is 5.91 Å². The van der Waals surface area contributed by atoms with Crippen LogP contribution in [0.2, 0.25) is 0 Å². The molecule has 1 heterocycles. The average molecular weight is 257 g/mol. The van der Waals surface area contributed by atoms with Crippen molar-refractivity contribution < 1.29 is 4.79 Å². The minimum absolute atomic E-state index is 0.0152. The summed E-state index contributed by atoms with van der Waals surface area (Å²) in [6.45, 7) is 4.69. The molecule has 0 saturated carbocycles. The lowest BCUT2D eigenvalue weighted by Crippen LogP contribution is -2.31. The molecule has 1 amide bonds. The van der Waals surface area contributed by atoms with Gasteiger partial charge in [0.05, 0.1) is 18.2 Å². The first-order chi connectivity index (χ1) is 9.21. The van der Waals surface area contributed by atoms with Gasteiger partial charge >= 0.3 is 0 Å². The normalized spacial score (nSPS) is 19.1. The molecule has 4 nitrogen and oxygen atoms in total. The number of rotatable bonds is 4. The van der Waals surface area contributed by atoms with Crippen molar-refractivity contribution in [3.63, 3.8) is 0 Å². The zero-order chi connectivity index (χ0) is 13.7. The second-order valence-electron chi connectivity index (χ2n) is 5.04. The van der Waals surface area contributed by atoms with Crippen molar-refractivity contribution in [3.8, 4) is 6.07 Å². The maximum atomic E-state index is 11.9. The molecule has 100 valence electrons. The largest absolute Gasteiger partial charge is 0.325 e. The van der Waals surface area contributed by atoms with Crippen LogP contribution in [-0.4, -0.2) is 30.4 Å². The van der Waals surface area contributed by atoms with Gasteiger partial charge < -0.3 is 5.32 Å². The number of carbonyl (C=O) groups is 1. The molecule has 1 aromatic carbocycles. The molecule has 0 aliphatic carbocycles. The Bertz CT molecular complexity index is 475. The Morgan fingerprint density at radius 1 is 1.47 bits per heavy atom. The van der Waals surface area contributed by atoms with E-state index in [1.165, 1.54) is 12.8 Å². The summed E-state index contributed by atoms with van der Waals surface area (Å²) in [5.74, 6) is 0.754. The fraction of sp³-hybridized carbons (Fsp3) is 0.467. The van der Waals surface area contributed by atoms with Crippen LogP contribution in [0.1, 0.15) is 25.3 Å². The number of carbonyl (C=O) groups excluding carboxylic acids is 1. The van der Waals surface area contributed by atoms with Crippen molar-refractivity contribution in [2.75, 3.05) is 25.0 Å². The van der Waals surface area contributed by atoms with Gasteiger partial charge in [0, 0.05) is 12.2 Å². The second kappa shape index (κ2) is 6.35. The van der Waals surface area contributed by atoms with Gasteiger partial charge in [-0.1, -0.05) is 13.3 Å². The minimum atomic E-state index is 0.0152. The summed E-state index contributed by atoms with van der Waals surface area (Å²) in [6.07, 6.45) is 2.38. The number of nitrogens with zero attached hydrogens (tertiary/aromatic N) is 2. The predicted molar refractivity (Wildman–Crippen MR) is 74.6 cm³/mol. The Hall–Kier alpha value is -1.86. The Morgan fingerprint density at radius 3 is 2.79 bits per heavy atom. The molecule has 0 spiro atoms. The second-order valence-corrected chi connectivity index (χ2v) is 5.04. The van der Waals surface area contributed by atoms with Crippen LogP contribution in [0.15, 0.2) is 24.3 Å². The van der Waals surface area contributed by atoms with Crippen molar-refractivity contribution in [3.05, 3.63) is 29.8 Å². The van der Waals surface area contributed by atoms with Crippen LogP contribution < -0.4 is 5.32 Å². The Kier molecular flexibility index (Phi) is 4.53. The number of nitrogens with one attached hydrogen (secondary N) is 1. The van der Waals surface area contributed by atoms with Crippen molar-refractivity contribution in [2.24, 2.45) is 5.92 Å². The third kappa shape index (κ3) is 3.80. The first-order valence-electron chi connectivity index (χ1n) is 6.73. The third-order valence-corrected chi connectivity index (χ3v) is 3.61. The third-order valence-electron chi connectivity index (χ3n) is 3.61. The zero-order valence-corrected chi connectivity index (χ0v) is 11.2. The SMILES string of the molecule is CCC1CCN(CC(=O)Nc2ccc(C#N)cc2)C1. The van der Waals surface area contributed by atoms with Gasteiger partial charge in [-0.25, -0.2) is 0 Å². The van der Waals surface area contributed by atoms with Crippen LogP contribution in [0, 0.1) is 17.2 Å². The summed E-state index contributed by atoms with van der Waals surface area (Å²) in [5.41, 5.74) is 1.35. The van der Waals surface area contributed by atoms with E-state index in [1.54, 1.807) is 24.3 Å². The van der Waals surface area contributed by atoms with E-state index in [0.29, 0.717) is 12.1 Å². The van der Waals surface area contributed by atoms with Crippen LogP contribution in [0.3, 0.4) is 0 Å². The molecular weight excluding hydrogens is 238 g/mol. The number of benzene rings is 1. The van der Waals surface area contributed by atoms with Gasteiger partial charge in [-0.05, 0) is 43.1 Å². The zero-order valence-electron chi connectivity index (χ0n) is 11.2. The highest BCUT2D eigenvalue weighted by molar-refractivity contribution is 5.92. The highest BCUT2D eigenvalue weighted by Crippen LogP contribution is 2.18. The van der Waals surface area contributed by atoms with E-state index in [9.17, 15) is 4.79 Å². The van der Waals surface area contributed by atoms with Crippen molar-refractivity contribution in [1.29, 1.82) is 5.26 Å². The summed E-state index contributed by atoms with van der Waals surface area (Å²) < 4.78 is 0. The van der Waals surface area contributed by atoms with Gasteiger partial charge in [0.25, 0.3) is 0 Å². The van der Waals surface area contributed by atoms with E-state index in [0.717, 1.165) is 24.7 Å². The molecule has 19 heavy (non-hydrogen) atoms. The number of amides is 1. The van der Waals surface area contributed by atoms with E-state index >= 15 is 0 Å². The van der Waals surface area contributed by atoms with Gasteiger partial charge in [0.2, 0.25) is 5.91 Å². The van der Waals surface area contributed by atoms with E-state index < -0.39 is 0 Å². The Labute approximate surface area is 114 Å². The fourth-order valence-electron chi connectivity index (χ4n) is 2.42. The summed E-state index contributed by atoms with van der Waals surface area (Å²) in [6, 6.07) is 8.99. The molecule has 1 aliphatic heterocycles. The molecule has 4 heteroatoms. The van der Waals surface area contributed by atoms with Gasteiger partial charge in [0.15, 0.2) is 0 Å². The minimum Gasteiger partial charge on any atom is -0.325 e. The topological polar surface area (TPSA) is 56.1 Å². The number of anilines is 1. The summed E-state index contributed by atoms with van der Waals surface area (Å²) in [7, 11) is 0. The number of hydrogen-bond acceptors (Lipinski definition) is 3. The number of likely N-dealkylation sites (tertiary alicyclic amines) is 1. The van der Waals surface area contributed by atoms with Crippen molar-refractivity contribution >= 4 is 11.6 Å². The maximum absolute atomic E-state index is 11.9. The molecule has 0 aromatic heterocycles. The average Bonchev–Trinajstić information content (AvgIpc) is 2.87. The number of hydrogen-bond donors (Lipinski definition) is 1. The lowest BCUT2D eigenvalue weighted by molar-refractivity contribution is -0.117. The molecule has 1 atom stereocenters.